The summed E-state index contributed by atoms with van der Waals surface area (Å²) in [5, 5.41) is 1.11. The van der Waals surface area contributed by atoms with Crippen molar-refractivity contribution in [1.82, 2.24) is 9.97 Å². The van der Waals surface area contributed by atoms with Gasteiger partial charge in [0.2, 0.25) is 0 Å². The third-order valence-corrected chi connectivity index (χ3v) is 2.45. The molecule has 0 spiro atoms. The number of rotatable bonds is 0. The second-order valence-corrected chi connectivity index (χ2v) is 3.58. The van der Waals surface area contributed by atoms with Gasteiger partial charge in [0.1, 0.15) is 10.3 Å². The Bertz CT molecular complexity index is 514. The average molecular weight is 190 g/mol. The van der Waals surface area contributed by atoms with E-state index in [1.165, 1.54) is 0 Å². The fraction of sp³-hybridized carbons (Fsp3) is 0.200. The van der Waals surface area contributed by atoms with E-state index in [1.54, 1.807) is 0 Å². The number of H-pyrrole nitrogens is 1. The first-order valence-corrected chi connectivity index (χ1v) is 4.55. The molecule has 0 aromatic carbocycles. The first-order valence-electron chi connectivity index (χ1n) is 4.14. The molecule has 0 saturated heterocycles. The largest absolute Gasteiger partial charge is 0.331 e. The van der Waals surface area contributed by atoms with Crippen LogP contribution in [0, 0.1) is 18.5 Å². The van der Waals surface area contributed by atoms with Gasteiger partial charge >= 0.3 is 0 Å². The Morgan fingerprint density at radius 2 is 2.08 bits per heavy atom. The van der Waals surface area contributed by atoms with Crippen molar-refractivity contribution in [3.8, 4) is 0 Å². The molecule has 0 amide bonds. The van der Waals surface area contributed by atoms with Crippen LogP contribution in [0.1, 0.15) is 11.3 Å². The standard InChI is InChI=1S/C10H10N2S/c1-6-5-8-4-3-7(2)11-9(8)12-10(6)13/h3-5H,1-2H3,(H,11,12,13). The summed E-state index contributed by atoms with van der Waals surface area (Å²) < 4.78 is 0.769. The number of hydrogen-bond donors (Lipinski definition) is 1. The molecule has 0 radical (unpaired) electrons. The van der Waals surface area contributed by atoms with Crippen LogP contribution in [0.2, 0.25) is 0 Å². The molecule has 0 fully saturated rings. The Hall–Kier alpha value is -1.22. The summed E-state index contributed by atoms with van der Waals surface area (Å²) in [5.41, 5.74) is 2.96. The van der Waals surface area contributed by atoms with Crippen molar-refractivity contribution in [3.05, 3.63) is 34.1 Å². The lowest BCUT2D eigenvalue weighted by atomic mass is 10.2. The Balaban J connectivity index is 2.89. The maximum absolute atomic E-state index is 5.13. The SMILES string of the molecule is Cc1ccc2cc(C)c(=S)[nH]c2n1. The topological polar surface area (TPSA) is 28.7 Å². The highest BCUT2D eigenvalue weighted by atomic mass is 32.1. The molecule has 0 unspecified atom stereocenters. The van der Waals surface area contributed by atoms with Gasteiger partial charge in [-0.15, -0.1) is 0 Å². The average Bonchev–Trinajstić information content (AvgIpc) is 2.08. The lowest BCUT2D eigenvalue weighted by Crippen LogP contribution is -1.88. The highest BCUT2D eigenvalue weighted by Crippen LogP contribution is 2.12. The summed E-state index contributed by atoms with van der Waals surface area (Å²) in [6.07, 6.45) is 0. The summed E-state index contributed by atoms with van der Waals surface area (Å²) in [4.78, 5) is 7.46. The smallest absolute Gasteiger partial charge is 0.138 e. The normalized spacial score (nSPS) is 10.6. The van der Waals surface area contributed by atoms with Crippen LogP contribution in [0.15, 0.2) is 18.2 Å². The Morgan fingerprint density at radius 3 is 2.85 bits per heavy atom. The van der Waals surface area contributed by atoms with Crippen molar-refractivity contribution in [2.24, 2.45) is 0 Å². The summed E-state index contributed by atoms with van der Waals surface area (Å²) >= 11 is 5.13. The van der Waals surface area contributed by atoms with Gasteiger partial charge in [-0.1, -0.05) is 12.2 Å². The van der Waals surface area contributed by atoms with E-state index in [0.717, 1.165) is 26.9 Å². The molecule has 2 nitrogen and oxygen atoms in total. The van der Waals surface area contributed by atoms with Gasteiger partial charge in [-0.2, -0.15) is 0 Å². The van der Waals surface area contributed by atoms with Gasteiger partial charge in [-0.05, 0) is 37.6 Å². The third kappa shape index (κ3) is 1.47. The zero-order valence-electron chi connectivity index (χ0n) is 7.59. The van der Waals surface area contributed by atoms with Crippen molar-refractivity contribution < 1.29 is 0 Å². The van der Waals surface area contributed by atoms with Crippen LogP contribution in [0.5, 0.6) is 0 Å². The van der Waals surface area contributed by atoms with Gasteiger partial charge in [0.05, 0.1) is 0 Å². The first-order chi connectivity index (χ1) is 6.16. The zero-order chi connectivity index (χ0) is 9.42. The number of aromatic nitrogens is 2. The van der Waals surface area contributed by atoms with Gasteiger partial charge in [0.25, 0.3) is 0 Å². The molecule has 2 rings (SSSR count). The molecular weight excluding hydrogens is 180 g/mol. The van der Waals surface area contributed by atoms with E-state index in [0.29, 0.717) is 0 Å². The van der Waals surface area contributed by atoms with Crippen LogP contribution in [-0.4, -0.2) is 9.97 Å². The van der Waals surface area contributed by atoms with Crippen LogP contribution in [-0.2, 0) is 0 Å². The van der Waals surface area contributed by atoms with Gasteiger partial charge < -0.3 is 4.98 Å². The van der Waals surface area contributed by atoms with E-state index in [9.17, 15) is 0 Å². The number of nitrogens with zero attached hydrogens (tertiary/aromatic N) is 1. The van der Waals surface area contributed by atoms with Crippen molar-refractivity contribution in [3.63, 3.8) is 0 Å². The molecule has 2 aromatic heterocycles. The number of fused-ring (bicyclic) bond motifs is 1. The number of pyridine rings is 2. The van der Waals surface area contributed by atoms with E-state index >= 15 is 0 Å². The van der Waals surface area contributed by atoms with Crippen LogP contribution in [0.4, 0.5) is 0 Å². The molecule has 0 aliphatic rings. The van der Waals surface area contributed by atoms with Crippen LogP contribution >= 0.6 is 12.2 Å². The number of aryl methyl sites for hydroxylation is 2. The molecule has 2 heterocycles. The quantitative estimate of drug-likeness (QED) is 0.647. The summed E-state index contributed by atoms with van der Waals surface area (Å²) in [7, 11) is 0. The predicted octanol–water partition coefficient (Wildman–Crippen LogP) is 2.91. The molecule has 2 aromatic rings. The minimum absolute atomic E-state index is 0.769. The van der Waals surface area contributed by atoms with Crippen molar-refractivity contribution in [1.29, 1.82) is 0 Å². The van der Waals surface area contributed by atoms with Crippen LogP contribution in [0.3, 0.4) is 0 Å². The van der Waals surface area contributed by atoms with Crippen molar-refractivity contribution in [2.75, 3.05) is 0 Å². The van der Waals surface area contributed by atoms with Crippen molar-refractivity contribution >= 4 is 23.3 Å². The Labute approximate surface area is 81.6 Å². The second-order valence-electron chi connectivity index (χ2n) is 3.17. The maximum Gasteiger partial charge on any atom is 0.138 e. The molecule has 0 saturated carbocycles. The fourth-order valence-corrected chi connectivity index (χ4v) is 1.44. The highest BCUT2D eigenvalue weighted by Gasteiger charge is 1.96. The first kappa shape index (κ1) is 8.38. The number of nitrogens with one attached hydrogen (secondary N) is 1. The Kier molecular flexibility index (Phi) is 1.88. The highest BCUT2D eigenvalue weighted by molar-refractivity contribution is 7.71. The summed E-state index contributed by atoms with van der Waals surface area (Å²) in [6.45, 7) is 3.97. The molecule has 0 aliphatic carbocycles. The summed E-state index contributed by atoms with van der Waals surface area (Å²) in [6, 6.07) is 6.11. The molecule has 3 heteroatoms. The molecule has 0 atom stereocenters. The second kappa shape index (κ2) is 2.92. The number of aromatic amines is 1. The predicted molar refractivity (Wildman–Crippen MR) is 56.4 cm³/mol. The zero-order valence-corrected chi connectivity index (χ0v) is 8.40. The lowest BCUT2D eigenvalue weighted by Gasteiger charge is -2.00. The van der Waals surface area contributed by atoms with Gasteiger partial charge in [-0.25, -0.2) is 4.98 Å². The molecule has 0 bridgehead atoms. The fourth-order valence-electron chi connectivity index (χ4n) is 1.29. The lowest BCUT2D eigenvalue weighted by molar-refractivity contribution is 1.18. The molecule has 0 aliphatic heterocycles. The van der Waals surface area contributed by atoms with E-state index in [2.05, 4.69) is 22.1 Å². The van der Waals surface area contributed by atoms with Crippen molar-refractivity contribution in [2.45, 2.75) is 13.8 Å². The third-order valence-electron chi connectivity index (χ3n) is 2.03. The minimum atomic E-state index is 0.769. The monoisotopic (exact) mass is 190 g/mol. The minimum Gasteiger partial charge on any atom is -0.331 e. The van der Waals surface area contributed by atoms with E-state index < -0.39 is 0 Å². The molecular formula is C10H10N2S. The maximum atomic E-state index is 5.13. The van der Waals surface area contributed by atoms with E-state index in [-0.39, 0.29) is 0 Å². The summed E-state index contributed by atoms with van der Waals surface area (Å²) in [5.74, 6) is 0. The van der Waals surface area contributed by atoms with Gasteiger partial charge in [0.15, 0.2) is 0 Å². The molecule has 66 valence electrons. The molecule has 1 N–H and O–H groups in total. The van der Waals surface area contributed by atoms with Crippen LogP contribution in [0.25, 0.3) is 11.0 Å². The molecule has 13 heavy (non-hydrogen) atoms. The van der Waals surface area contributed by atoms with Crippen LogP contribution < -0.4 is 0 Å². The van der Waals surface area contributed by atoms with Gasteiger partial charge in [0, 0.05) is 11.1 Å². The van der Waals surface area contributed by atoms with E-state index in [1.807, 2.05) is 19.9 Å². The Morgan fingerprint density at radius 1 is 1.31 bits per heavy atom. The van der Waals surface area contributed by atoms with E-state index in [4.69, 9.17) is 12.2 Å². The van der Waals surface area contributed by atoms with Gasteiger partial charge in [-0.3, -0.25) is 0 Å². The number of hydrogen-bond acceptors (Lipinski definition) is 2.